The van der Waals surface area contributed by atoms with E-state index in [-0.39, 0.29) is 6.04 Å². The first kappa shape index (κ1) is 12.5. The van der Waals surface area contributed by atoms with Gasteiger partial charge in [0.15, 0.2) is 0 Å². The Kier molecular flexibility index (Phi) is 3.25. The van der Waals surface area contributed by atoms with Crippen molar-refractivity contribution in [2.75, 3.05) is 7.05 Å². The molecule has 1 aromatic carbocycles. The first-order chi connectivity index (χ1) is 7.93. The van der Waals surface area contributed by atoms with Gasteiger partial charge >= 0.3 is 0 Å². The quantitative estimate of drug-likeness (QED) is 0.885. The maximum Gasteiger partial charge on any atom is 0.243 e. The standard InChI is InChI=1S/C12H18N2O2S/c1-9(2)14(3)17(15,16)12-5-4-10-7-13-8-11(10)6-12/h4-6,9,13H,7-8H2,1-3H3. The molecular weight excluding hydrogens is 236 g/mol. The number of rotatable bonds is 3. The fourth-order valence-electron chi connectivity index (χ4n) is 1.88. The molecule has 0 spiro atoms. The summed E-state index contributed by atoms with van der Waals surface area (Å²) in [6.07, 6.45) is 0. The highest BCUT2D eigenvalue weighted by molar-refractivity contribution is 7.89. The van der Waals surface area contributed by atoms with Gasteiger partial charge in [-0.1, -0.05) is 6.07 Å². The van der Waals surface area contributed by atoms with Gasteiger partial charge in [-0.2, -0.15) is 4.31 Å². The molecule has 1 aliphatic rings. The average Bonchev–Trinajstić information content (AvgIpc) is 2.74. The van der Waals surface area contributed by atoms with Crippen LogP contribution in [0.15, 0.2) is 23.1 Å². The molecule has 0 bridgehead atoms. The second-order valence-corrected chi connectivity index (χ2v) is 6.65. The van der Waals surface area contributed by atoms with Gasteiger partial charge in [0.2, 0.25) is 10.0 Å². The number of benzene rings is 1. The molecular formula is C12H18N2O2S. The summed E-state index contributed by atoms with van der Waals surface area (Å²) < 4.78 is 26.0. The first-order valence-electron chi connectivity index (χ1n) is 5.73. The molecule has 4 nitrogen and oxygen atoms in total. The van der Waals surface area contributed by atoms with Gasteiger partial charge in [0.25, 0.3) is 0 Å². The lowest BCUT2D eigenvalue weighted by Crippen LogP contribution is -2.33. The molecule has 0 saturated heterocycles. The Bertz CT molecular complexity index is 523. The van der Waals surface area contributed by atoms with Crippen molar-refractivity contribution in [1.29, 1.82) is 0 Å². The summed E-state index contributed by atoms with van der Waals surface area (Å²) in [7, 11) is -1.74. The van der Waals surface area contributed by atoms with E-state index < -0.39 is 10.0 Å². The zero-order chi connectivity index (χ0) is 12.6. The van der Waals surface area contributed by atoms with Crippen LogP contribution in [0.3, 0.4) is 0 Å². The lowest BCUT2D eigenvalue weighted by atomic mass is 10.1. The molecule has 0 saturated carbocycles. The van der Waals surface area contributed by atoms with Crippen LogP contribution >= 0.6 is 0 Å². The Morgan fingerprint density at radius 3 is 2.53 bits per heavy atom. The van der Waals surface area contributed by atoms with E-state index in [1.165, 1.54) is 9.87 Å². The minimum atomic E-state index is -3.35. The summed E-state index contributed by atoms with van der Waals surface area (Å²) in [5.74, 6) is 0. The third-order valence-corrected chi connectivity index (χ3v) is 5.24. The number of fused-ring (bicyclic) bond motifs is 1. The van der Waals surface area contributed by atoms with Gasteiger partial charge in [-0.15, -0.1) is 0 Å². The van der Waals surface area contributed by atoms with Crippen LogP contribution in [0.2, 0.25) is 0 Å². The summed E-state index contributed by atoms with van der Waals surface area (Å²) in [6.45, 7) is 5.32. The van der Waals surface area contributed by atoms with Crippen molar-refractivity contribution in [2.24, 2.45) is 0 Å². The van der Waals surface area contributed by atoms with Crippen LogP contribution in [-0.4, -0.2) is 25.8 Å². The van der Waals surface area contributed by atoms with Crippen LogP contribution in [-0.2, 0) is 23.1 Å². The fraction of sp³-hybridized carbons (Fsp3) is 0.500. The number of nitrogens with one attached hydrogen (secondary N) is 1. The molecule has 1 N–H and O–H groups in total. The van der Waals surface area contributed by atoms with E-state index in [0.717, 1.165) is 18.7 Å². The number of hydrogen-bond donors (Lipinski definition) is 1. The molecule has 17 heavy (non-hydrogen) atoms. The van der Waals surface area contributed by atoms with Crippen LogP contribution < -0.4 is 5.32 Å². The Labute approximate surface area is 103 Å². The van der Waals surface area contributed by atoms with Gasteiger partial charge in [-0.25, -0.2) is 8.42 Å². The SMILES string of the molecule is CC(C)N(C)S(=O)(=O)c1ccc2c(c1)CNC2. The molecule has 5 heteroatoms. The van der Waals surface area contributed by atoms with Crippen molar-refractivity contribution in [3.63, 3.8) is 0 Å². The second kappa shape index (κ2) is 4.40. The zero-order valence-corrected chi connectivity index (χ0v) is 11.2. The zero-order valence-electron chi connectivity index (χ0n) is 10.4. The topological polar surface area (TPSA) is 49.4 Å². The molecule has 0 radical (unpaired) electrons. The smallest absolute Gasteiger partial charge is 0.243 e. The normalized spacial score (nSPS) is 15.6. The summed E-state index contributed by atoms with van der Waals surface area (Å²) in [5.41, 5.74) is 2.28. The molecule has 1 heterocycles. The predicted molar refractivity (Wildman–Crippen MR) is 67.1 cm³/mol. The molecule has 0 aliphatic carbocycles. The van der Waals surface area contributed by atoms with E-state index in [1.54, 1.807) is 19.2 Å². The summed E-state index contributed by atoms with van der Waals surface area (Å²) in [5, 5.41) is 3.21. The van der Waals surface area contributed by atoms with Crippen molar-refractivity contribution in [3.05, 3.63) is 29.3 Å². The van der Waals surface area contributed by atoms with Crippen molar-refractivity contribution in [1.82, 2.24) is 9.62 Å². The number of hydrogen-bond acceptors (Lipinski definition) is 3. The predicted octanol–water partition coefficient (Wildman–Crippen LogP) is 1.32. The highest BCUT2D eigenvalue weighted by atomic mass is 32.2. The van der Waals surface area contributed by atoms with E-state index in [1.807, 2.05) is 19.9 Å². The minimum Gasteiger partial charge on any atom is -0.309 e. The lowest BCUT2D eigenvalue weighted by Gasteiger charge is -2.21. The van der Waals surface area contributed by atoms with Gasteiger partial charge in [-0.05, 0) is 37.1 Å². The van der Waals surface area contributed by atoms with Crippen LogP contribution in [0.5, 0.6) is 0 Å². The van der Waals surface area contributed by atoms with E-state index >= 15 is 0 Å². The monoisotopic (exact) mass is 254 g/mol. The van der Waals surface area contributed by atoms with Crippen LogP contribution in [0.4, 0.5) is 0 Å². The molecule has 0 unspecified atom stereocenters. The van der Waals surface area contributed by atoms with E-state index in [4.69, 9.17) is 0 Å². The highest BCUT2D eigenvalue weighted by Gasteiger charge is 2.24. The molecule has 94 valence electrons. The molecule has 1 aromatic rings. The number of sulfonamides is 1. The summed E-state index contributed by atoms with van der Waals surface area (Å²) in [6, 6.07) is 5.34. The van der Waals surface area contributed by atoms with Gasteiger partial charge < -0.3 is 5.32 Å². The Hall–Kier alpha value is -0.910. The third kappa shape index (κ3) is 2.22. The van der Waals surface area contributed by atoms with Crippen molar-refractivity contribution < 1.29 is 8.42 Å². The van der Waals surface area contributed by atoms with Gasteiger partial charge in [0, 0.05) is 26.2 Å². The van der Waals surface area contributed by atoms with Crippen molar-refractivity contribution >= 4 is 10.0 Å². The summed E-state index contributed by atoms with van der Waals surface area (Å²) in [4.78, 5) is 0.385. The molecule has 0 aromatic heterocycles. The molecule has 0 fully saturated rings. The maximum atomic E-state index is 12.3. The fourth-order valence-corrected chi connectivity index (χ4v) is 3.29. The largest absolute Gasteiger partial charge is 0.309 e. The Morgan fingerprint density at radius 2 is 1.88 bits per heavy atom. The molecule has 2 rings (SSSR count). The lowest BCUT2D eigenvalue weighted by molar-refractivity contribution is 0.410. The van der Waals surface area contributed by atoms with Crippen LogP contribution in [0.25, 0.3) is 0 Å². The van der Waals surface area contributed by atoms with Crippen LogP contribution in [0.1, 0.15) is 25.0 Å². The van der Waals surface area contributed by atoms with Gasteiger partial charge in [0.05, 0.1) is 4.90 Å². The highest BCUT2D eigenvalue weighted by Crippen LogP contribution is 2.22. The van der Waals surface area contributed by atoms with E-state index in [2.05, 4.69) is 5.32 Å². The second-order valence-electron chi connectivity index (χ2n) is 4.65. The molecule has 0 amide bonds. The first-order valence-corrected chi connectivity index (χ1v) is 7.17. The average molecular weight is 254 g/mol. The van der Waals surface area contributed by atoms with E-state index in [9.17, 15) is 8.42 Å². The van der Waals surface area contributed by atoms with E-state index in [0.29, 0.717) is 4.90 Å². The minimum absolute atomic E-state index is 0.0358. The maximum absolute atomic E-state index is 12.3. The Balaban J connectivity index is 2.41. The third-order valence-electron chi connectivity index (χ3n) is 3.21. The molecule has 0 atom stereocenters. The van der Waals surface area contributed by atoms with Gasteiger partial charge in [-0.3, -0.25) is 0 Å². The van der Waals surface area contributed by atoms with Crippen LogP contribution in [0, 0.1) is 0 Å². The van der Waals surface area contributed by atoms with Crippen molar-refractivity contribution in [2.45, 2.75) is 37.9 Å². The molecule has 1 aliphatic heterocycles. The Morgan fingerprint density at radius 1 is 1.24 bits per heavy atom. The summed E-state index contributed by atoms with van der Waals surface area (Å²) >= 11 is 0. The van der Waals surface area contributed by atoms with Crippen molar-refractivity contribution in [3.8, 4) is 0 Å². The number of nitrogens with zero attached hydrogens (tertiary/aromatic N) is 1. The van der Waals surface area contributed by atoms with Gasteiger partial charge in [0.1, 0.15) is 0 Å².